The van der Waals surface area contributed by atoms with E-state index in [-0.39, 0.29) is 42.9 Å². The Morgan fingerprint density at radius 1 is 1.27 bits per heavy atom. The van der Waals surface area contributed by atoms with Gasteiger partial charge in [0.05, 0.1) is 30.7 Å². The minimum Gasteiger partial charge on any atom is -0.387 e. The van der Waals surface area contributed by atoms with Gasteiger partial charge in [0.2, 0.25) is 11.8 Å². The number of piperidine rings is 2. The Morgan fingerprint density at radius 2 is 2.04 bits per heavy atom. The van der Waals surface area contributed by atoms with Crippen molar-refractivity contribution in [3.63, 3.8) is 0 Å². The summed E-state index contributed by atoms with van der Waals surface area (Å²) in [5, 5.41) is 13.8. The van der Waals surface area contributed by atoms with Crippen LogP contribution in [0, 0.1) is 0 Å². The van der Waals surface area contributed by atoms with Gasteiger partial charge in [0, 0.05) is 33.6 Å². The number of carbonyl (C=O) groups is 3. The van der Waals surface area contributed by atoms with Crippen LogP contribution in [0.5, 0.6) is 0 Å². The lowest BCUT2D eigenvalue weighted by Gasteiger charge is -2.40. The zero-order valence-corrected chi connectivity index (χ0v) is 15.7. The fraction of sp³-hybridized carbons (Fsp3) is 0.833. The summed E-state index contributed by atoms with van der Waals surface area (Å²) in [5.41, 5.74) is -1.18. The quantitative estimate of drug-likeness (QED) is 0.744. The third kappa shape index (κ3) is 3.95. The molecule has 0 spiro atoms. The predicted octanol–water partition coefficient (Wildman–Crippen LogP) is 0.155. The van der Waals surface area contributed by atoms with E-state index in [4.69, 9.17) is 0 Å². The van der Waals surface area contributed by atoms with Gasteiger partial charge >= 0.3 is 6.03 Å². The first kappa shape index (κ1) is 18.9. The summed E-state index contributed by atoms with van der Waals surface area (Å²) >= 11 is 0. The molecule has 0 aromatic heterocycles. The van der Waals surface area contributed by atoms with Crippen LogP contribution in [0.15, 0.2) is 0 Å². The number of amides is 4. The molecule has 3 atom stereocenters. The maximum absolute atomic E-state index is 12.7. The Kier molecular flexibility index (Phi) is 5.41. The van der Waals surface area contributed by atoms with E-state index >= 15 is 0 Å². The van der Waals surface area contributed by atoms with Crippen LogP contribution in [-0.2, 0) is 9.59 Å². The summed E-state index contributed by atoms with van der Waals surface area (Å²) in [6.07, 6.45) is 4.57. The second-order valence-electron chi connectivity index (χ2n) is 8.12. The standard InChI is InChI=1S/C18H30N4O4/c1-20(2)16(24)11-18(26)7-5-8-21(12-18)17(25)19-13-10-15(23)22-9-4-3-6-14(13)22/h13-14,26H,3-12H2,1-2H3,(H,19,25). The van der Waals surface area contributed by atoms with Crippen LogP contribution in [0.4, 0.5) is 4.79 Å². The van der Waals surface area contributed by atoms with E-state index in [0.717, 1.165) is 25.8 Å². The lowest BCUT2D eigenvalue weighted by molar-refractivity contribution is -0.136. The minimum absolute atomic E-state index is 0.0160. The van der Waals surface area contributed by atoms with E-state index in [1.54, 1.807) is 19.0 Å². The summed E-state index contributed by atoms with van der Waals surface area (Å²) in [5.74, 6) is -0.0271. The number of hydrogen-bond acceptors (Lipinski definition) is 4. The van der Waals surface area contributed by atoms with Gasteiger partial charge in [-0.3, -0.25) is 9.59 Å². The minimum atomic E-state index is -1.18. The molecule has 3 saturated heterocycles. The van der Waals surface area contributed by atoms with Crippen LogP contribution in [0.1, 0.15) is 44.9 Å². The van der Waals surface area contributed by atoms with Crippen molar-refractivity contribution in [2.45, 2.75) is 62.6 Å². The van der Waals surface area contributed by atoms with Gasteiger partial charge in [0.1, 0.15) is 0 Å². The Balaban J connectivity index is 1.59. The zero-order valence-electron chi connectivity index (χ0n) is 15.7. The molecule has 0 bridgehead atoms. The highest BCUT2D eigenvalue weighted by atomic mass is 16.3. The summed E-state index contributed by atoms with van der Waals surface area (Å²) in [6.45, 7) is 1.48. The van der Waals surface area contributed by atoms with E-state index in [0.29, 0.717) is 25.8 Å². The zero-order chi connectivity index (χ0) is 18.9. The number of carbonyl (C=O) groups excluding carboxylic acids is 3. The molecule has 0 aliphatic carbocycles. The lowest BCUT2D eigenvalue weighted by Crippen LogP contribution is -2.57. The maximum atomic E-state index is 12.7. The summed E-state index contributed by atoms with van der Waals surface area (Å²) < 4.78 is 0. The molecular weight excluding hydrogens is 336 g/mol. The van der Waals surface area contributed by atoms with Gasteiger partial charge in [-0.25, -0.2) is 4.79 Å². The molecule has 26 heavy (non-hydrogen) atoms. The van der Waals surface area contributed by atoms with Crippen LogP contribution in [0.2, 0.25) is 0 Å². The highest BCUT2D eigenvalue weighted by molar-refractivity contribution is 5.82. The van der Waals surface area contributed by atoms with Gasteiger partial charge < -0.3 is 25.1 Å². The van der Waals surface area contributed by atoms with Crippen molar-refractivity contribution in [3.8, 4) is 0 Å². The molecule has 0 aromatic rings. The number of likely N-dealkylation sites (tertiary alicyclic amines) is 1. The number of β-amino-alcohol motifs (C(OH)–C–C–N with tert-alkyl or cyclic N) is 1. The summed E-state index contributed by atoms with van der Waals surface area (Å²) in [4.78, 5) is 41.8. The molecule has 3 aliphatic rings. The number of urea groups is 1. The molecule has 3 aliphatic heterocycles. The van der Waals surface area contributed by atoms with Crippen LogP contribution in [-0.4, -0.2) is 89.1 Å². The van der Waals surface area contributed by atoms with Gasteiger partial charge in [0.25, 0.3) is 0 Å². The first-order valence-corrected chi connectivity index (χ1v) is 9.56. The van der Waals surface area contributed by atoms with Crippen molar-refractivity contribution < 1.29 is 19.5 Å². The molecule has 3 rings (SSSR count). The fourth-order valence-corrected chi connectivity index (χ4v) is 4.39. The Hall–Kier alpha value is -1.83. The fourth-order valence-electron chi connectivity index (χ4n) is 4.39. The highest BCUT2D eigenvalue weighted by Crippen LogP contribution is 2.29. The average Bonchev–Trinajstić information content (AvgIpc) is 2.91. The molecule has 0 aromatic carbocycles. The van der Waals surface area contributed by atoms with Gasteiger partial charge in [-0.1, -0.05) is 0 Å². The monoisotopic (exact) mass is 366 g/mol. The van der Waals surface area contributed by atoms with Gasteiger partial charge in [-0.05, 0) is 32.1 Å². The molecule has 0 saturated carbocycles. The second kappa shape index (κ2) is 7.42. The predicted molar refractivity (Wildman–Crippen MR) is 95.4 cm³/mol. The van der Waals surface area contributed by atoms with E-state index in [1.807, 2.05) is 4.90 Å². The van der Waals surface area contributed by atoms with Crippen molar-refractivity contribution in [2.24, 2.45) is 0 Å². The van der Waals surface area contributed by atoms with Crippen molar-refractivity contribution in [1.82, 2.24) is 20.0 Å². The molecule has 146 valence electrons. The summed E-state index contributed by atoms with van der Waals surface area (Å²) in [7, 11) is 3.32. The van der Waals surface area contributed by atoms with E-state index < -0.39 is 5.60 Å². The molecule has 3 fully saturated rings. The molecule has 3 unspecified atom stereocenters. The Bertz CT molecular complexity index is 582. The number of rotatable bonds is 3. The SMILES string of the molecule is CN(C)C(=O)CC1(O)CCCN(C(=O)NC2CC(=O)N3CCCCC23)C1. The maximum Gasteiger partial charge on any atom is 0.317 e. The largest absolute Gasteiger partial charge is 0.387 e. The molecule has 8 heteroatoms. The Labute approximate surface area is 154 Å². The third-order valence-electron chi connectivity index (χ3n) is 5.86. The summed E-state index contributed by atoms with van der Waals surface area (Å²) in [6, 6.07) is -0.307. The number of aliphatic hydroxyl groups is 1. The van der Waals surface area contributed by atoms with E-state index in [1.165, 1.54) is 4.90 Å². The van der Waals surface area contributed by atoms with Gasteiger partial charge in [-0.15, -0.1) is 0 Å². The number of hydrogen-bond donors (Lipinski definition) is 2. The Morgan fingerprint density at radius 3 is 2.77 bits per heavy atom. The van der Waals surface area contributed by atoms with Crippen LogP contribution < -0.4 is 5.32 Å². The smallest absolute Gasteiger partial charge is 0.317 e. The van der Waals surface area contributed by atoms with Gasteiger partial charge in [-0.2, -0.15) is 0 Å². The van der Waals surface area contributed by atoms with Crippen LogP contribution in [0.3, 0.4) is 0 Å². The van der Waals surface area contributed by atoms with Crippen LogP contribution >= 0.6 is 0 Å². The number of nitrogens with zero attached hydrogens (tertiary/aromatic N) is 3. The van der Waals surface area contributed by atoms with Crippen molar-refractivity contribution in [2.75, 3.05) is 33.7 Å². The van der Waals surface area contributed by atoms with Crippen molar-refractivity contribution in [3.05, 3.63) is 0 Å². The van der Waals surface area contributed by atoms with Crippen molar-refractivity contribution in [1.29, 1.82) is 0 Å². The van der Waals surface area contributed by atoms with Crippen molar-refractivity contribution >= 4 is 17.8 Å². The number of fused-ring (bicyclic) bond motifs is 1. The topological polar surface area (TPSA) is 93.2 Å². The van der Waals surface area contributed by atoms with Gasteiger partial charge in [0.15, 0.2) is 0 Å². The number of nitrogens with one attached hydrogen (secondary N) is 1. The molecule has 2 N–H and O–H groups in total. The highest BCUT2D eigenvalue weighted by Gasteiger charge is 2.43. The molecule has 8 nitrogen and oxygen atoms in total. The average molecular weight is 366 g/mol. The third-order valence-corrected chi connectivity index (χ3v) is 5.86. The molecule has 4 amide bonds. The van der Waals surface area contributed by atoms with E-state index in [2.05, 4.69) is 5.32 Å². The molecule has 0 radical (unpaired) electrons. The normalized spacial score (nSPS) is 31.6. The lowest BCUT2D eigenvalue weighted by atomic mass is 9.89. The second-order valence-corrected chi connectivity index (χ2v) is 8.12. The van der Waals surface area contributed by atoms with E-state index in [9.17, 15) is 19.5 Å². The molecular formula is C18H30N4O4. The first-order chi connectivity index (χ1) is 12.3. The molecule has 3 heterocycles. The first-order valence-electron chi connectivity index (χ1n) is 9.56. The van der Waals surface area contributed by atoms with Crippen LogP contribution in [0.25, 0.3) is 0 Å².